The standard InChI is InChI=1S/C13H18ClFN2O/c1-8(18)9-2-4-17(5-3-9)13-7-11(15)10(14)6-12(13)16/h6-9,18H,2-5,16H2,1H3. The number of hydrogen-bond acceptors (Lipinski definition) is 3. The number of benzene rings is 1. The van der Waals surface area contributed by atoms with E-state index in [2.05, 4.69) is 0 Å². The predicted molar refractivity (Wildman–Crippen MR) is 72.4 cm³/mol. The molecule has 1 aromatic carbocycles. The number of piperidine rings is 1. The van der Waals surface area contributed by atoms with E-state index in [4.69, 9.17) is 17.3 Å². The van der Waals surface area contributed by atoms with Crippen molar-refractivity contribution < 1.29 is 9.50 Å². The monoisotopic (exact) mass is 272 g/mol. The van der Waals surface area contributed by atoms with Gasteiger partial charge in [-0.2, -0.15) is 0 Å². The summed E-state index contributed by atoms with van der Waals surface area (Å²) in [4.78, 5) is 2.05. The lowest BCUT2D eigenvalue weighted by Gasteiger charge is -2.35. The van der Waals surface area contributed by atoms with Crippen LogP contribution in [0.3, 0.4) is 0 Å². The van der Waals surface area contributed by atoms with E-state index in [1.165, 1.54) is 12.1 Å². The minimum absolute atomic E-state index is 0.0510. The first-order chi connectivity index (χ1) is 8.49. The van der Waals surface area contributed by atoms with Gasteiger partial charge in [0.15, 0.2) is 0 Å². The van der Waals surface area contributed by atoms with Gasteiger partial charge in [-0.1, -0.05) is 11.6 Å². The van der Waals surface area contributed by atoms with Gasteiger partial charge in [0.25, 0.3) is 0 Å². The Balaban J connectivity index is 2.12. The second-order valence-electron chi connectivity index (χ2n) is 4.89. The van der Waals surface area contributed by atoms with Gasteiger partial charge in [0, 0.05) is 19.2 Å². The molecule has 1 saturated heterocycles. The minimum atomic E-state index is -0.446. The first-order valence-electron chi connectivity index (χ1n) is 6.16. The zero-order valence-corrected chi connectivity index (χ0v) is 11.1. The zero-order chi connectivity index (χ0) is 13.3. The third-order valence-electron chi connectivity index (χ3n) is 3.63. The highest BCUT2D eigenvalue weighted by molar-refractivity contribution is 6.31. The highest BCUT2D eigenvalue weighted by atomic mass is 35.5. The van der Waals surface area contributed by atoms with Crippen LogP contribution in [0.1, 0.15) is 19.8 Å². The molecule has 1 heterocycles. The molecule has 3 nitrogen and oxygen atoms in total. The van der Waals surface area contributed by atoms with Crippen molar-refractivity contribution in [3.63, 3.8) is 0 Å². The minimum Gasteiger partial charge on any atom is -0.397 e. The van der Waals surface area contributed by atoms with Gasteiger partial charge in [-0.15, -0.1) is 0 Å². The normalized spacial score (nSPS) is 19.0. The summed E-state index contributed by atoms with van der Waals surface area (Å²) in [6.45, 7) is 3.37. The molecule has 2 rings (SSSR count). The van der Waals surface area contributed by atoms with Crippen LogP contribution in [0.25, 0.3) is 0 Å². The van der Waals surface area contributed by atoms with Crippen molar-refractivity contribution in [2.24, 2.45) is 5.92 Å². The average Bonchev–Trinajstić information content (AvgIpc) is 2.34. The molecule has 1 unspecified atom stereocenters. The van der Waals surface area contributed by atoms with Gasteiger partial charge in [-0.05, 0) is 31.7 Å². The van der Waals surface area contributed by atoms with E-state index in [9.17, 15) is 9.50 Å². The topological polar surface area (TPSA) is 49.5 Å². The number of aliphatic hydroxyl groups excluding tert-OH is 1. The molecular weight excluding hydrogens is 255 g/mol. The van der Waals surface area contributed by atoms with E-state index in [1.54, 1.807) is 0 Å². The van der Waals surface area contributed by atoms with Gasteiger partial charge >= 0.3 is 0 Å². The number of nitrogens with zero attached hydrogens (tertiary/aromatic N) is 1. The van der Waals surface area contributed by atoms with Crippen LogP contribution < -0.4 is 10.6 Å². The Labute approximate surface area is 111 Å². The van der Waals surface area contributed by atoms with Crippen LogP contribution in [0.4, 0.5) is 15.8 Å². The number of aliphatic hydroxyl groups is 1. The summed E-state index contributed by atoms with van der Waals surface area (Å²) in [5, 5.41) is 9.60. The van der Waals surface area contributed by atoms with Crippen molar-refractivity contribution in [1.29, 1.82) is 0 Å². The number of nitrogen functional groups attached to an aromatic ring is 1. The van der Waals surface area contributed by atoms with Crippen molar-refractivity contribution >= 4 is 23.0 Å². The molecule has 1 fully saturated rings. The third-order valence-corrected chi connectivity index (χ3v) is 3.92. The Morgan fingerprint density at radius 3 is 2.61 bits per heavy atom. The predicted octanol–water partition coefficient (Wildman–Crippen LogP) is 2.66. The largest absolute Gasteiger partial charge is 0.397 e. The molecule has 5 heteroatoms. The summed E-state index contributed by atoms with van der Waals surface area (Å²) in [6, 6.07) is 2.84. The summed E-state index contributed by atoms with van der Waals surface area (Å²) in [5.74, 6) is -0.127. The fourth-order valence-electron chi connectivity index (χ4n) is 2.45. The van der Waals surface area contributed by atoms with Crippen LogP contribution >= 0.6 is 11.6 Å². The van der Waals surface area contributed by atoms with Crippen molar-refractivity contribution in [1.82, 2.24) is 0 Å². The molecule has 3 N–H and O–H groups in total. The molecule has 1 aliphatic rings. The second-order valence-corrected chi connectivity index (χ2v) is 5.30. The first kappa shape index (κ1) is 13.4. The molecule has 0 aromatic heterocycles. The Hall–Kier alpha value is -1.00. The first-order valence-corrected chi connectivity index (χ1v) is 6.54. The van der Waals surface area contributed by atoms with Crippen molar-refractivity contribution in [3.8, 4) is 0 Å². The maximum absolute atomic E-state index is 13.5. The van der Waals surface area contributed by atoms with E-state index < -0.39 is 5.82 Å². The molecule has 18 heavy (non-hydrogen) atoms. The molecule has 0 spiro atoms. The van der Waals surface area contributed by atoms with Crippen LogP contribution in [0.2, 0.25) is 5.02 Å². The smallest absolute Gasteiger partial charge is 0.144 e. The van der Waals surface area contributed by atoms with Gasteiger partial charge in [0.2, 0.25) is 0 Å². The van der Waals surface area contributed by atoms with Crippen LogP contribution in [0.15, 0.2) is 12.1 Å². The molecule has 0 amide bonds. The molecule has 0 saturated carbocycles. The van der Waals surface area contributed by atoms with Gasteiger partial charge in [-0.25, -0.2) is 4.39 Å². The Bertz CT molecular complexity index is 431. The van der Waals surface area contributed by atoms with E-state index in [0.717, 1.165) is 25.9 Å². The third kappa shape index (κ3) is 2.70. The van der Waals surface area contributed by atoms with Crippen LogP contribution in [-0.2, 0) is 0 Å². The molecule has 0 bridgehead atoms. The lowest BCUT2D eigenvalue weighted by molar-refractivity contribution is 0.110. The summed E-state index contributed by atoms with van der Waals surface area (Å²) >= 11 is 5.68. The summed E-state index contributed by atoms with van der Waals surface area (Å²) in [7, 11) is 0. The number of rotatable bonds is 2. The molecule has 0 aliphatic carbocycles. The highest BCUT2D eigenvalue weighted by Gasteiger charge is 2.24. The second kappa shape index (κ2) is 5.33. The molecule has 1 aromatic rings. The Kier molecular flexibility index (Phi) is 3.97. The number of hydrogen-bond donors (Lipinski definition) is 2. The van der Waals surface area contributed by atoms with Crippen molar-refractivity contribution in [3.05, 3.63) is 23.0 Å². The molecular formula is C13H18ClFN2O. The fraction of sp³-hybridized carbons (Fsp3) is 0.538. The maximum Gasteiger partial charge on any atom is 0.144 e. The summed E-state index contributed by atoms with van der Waals surface area (Å²) in [5.41, 5.74) is 7.07. The van der Waals surface area contributed by atoms with E-state index in [-0.39, 0.29) is 11.1 Å². The quantitative estimate of drug-likeness (QED) is 0.814. The average molecular weight is 273 g/mol. The number of anilines is 2. The van der Waals surface area contributed by atoms with Gasteiger partial charge < -0.3 is 15.7 Å². The maximum atomic E-state index is 13.5. The van der Waals surface area contributed by atoms with E-state index in [0.29, 0.717) is 17.3 Å². The lowest BCUT2D eigenvalue weighted by Crippen LogP contribution is -2.37. The molecule has 1 atom stereocenters. The van der Waals surface area contributed by atoms with E-state index in [1.807, 2.05) is 11.8 Å². The molecule has 0 radical (unpaired) electrons. The van der Waals surface area contributed by atoms with Crippen LogP contribution in [0, 0.1) is 11.7 Å². The van der Waals surface area contributed by atoms with Gasteiger partial charge in [-0.3, -0.25) is 0 Å². The van der Waals surface area contributed by atoms with Gasteiger partial charge in [0.05, 0.1) is 22.5 Å². The van der Waals surface area contributed by atoms with Crippen LogP contribution in [0.5, 0.6) is 0 Å². The zero-order valence-electron chi connectivity index (χ0n) is 10.4. The molecule has 100 valence electrons. The SMILES string of the molecule is CC(O)C1CCN(c2cc(F)c(Cl)cc2N)CC1. The number of halogens is 2. The van der Waals surface area contributed by atoms with E-state index >= 15 is 0 Å². The van der Waals surface area contributed by atoms with Gasteiger partial charge in [0.1, 0.15) is 5.82 Å². The van der Waals surface area contributed by atoms with Crippen LogP contribution in [-0.4, -0.2) is 24.3 Å². The van der Waals surface area contributed by atoms with Crippen molar-refractivity contribution in [2.45, 2.75) is 25.9 Å². The summed E-state index contributed by atoms with van der Waals surface area (Å²) < 4.78 is 13.5. The number of nitrogens with two attached hydrogens (primary N) is 1. The summed E-state index contributed by atoms with van der Waals surface area (Å²) in [6.07, 6.45) is 1.49. The molecule has 1 aliphatic heterocycles. The Morgan fingerprint density at radius 2 is 2.06 bits per heavy atom. The lowest BCUT2D eigenvalue weighted by atomic mass is 9.92. The Morgan fingerprint density at radius 1 is 1.44 bits per heavy atom. The fourth-order valence-corrected chi connectivity index (χ4v) is 2.62. The van der Waals surface area contributed by atoms with Crippen molar-refractivity contribution in [2.75, 3.05) is 23.7 Å². The highest BCUT2D eigenvalue weighted by Crippen LogP contribution is 2.32.